The van der Waals surface area contributed by atoms with E-state index in [2.05, 4.69) is 26.1 Å². The van der Waals surface area contributed by atoms with E-state index in [9.17, 15) is 4.79 Å². The molecule has 0 spiro atoms. The summed E-state index contributed by atoms with van der Waals surface area (Å²) >= 11 is 3.37. The van der Waals surface area contributed by atoms with Crippen molar-refractivity contribution in [3.63, 3.8) is 0 Å². The maximum absolute atomic E-state index is 12.6. The molecule has 0 bridgehead atoms. The van der Waals surface area contributed by atoms with Gasteiger partial charge in [-0.3, -0.25) is 4.79 Å². The smallest absolute Gasteiger partial charge is 0.255 e. The first-order valence-corrected chi connectivity index (χ1v) is 7.43. The number of hydrogen-bond acceptors (Lipinski definition) is 4. The van der Waals surface area contributed by atoms with Gasteiger partial charge in [0.1, 0.15) is 0 Å². The lowest BCUT2D eigenvalue weighted by atomic mass is 10.1. The first kappa shape index (κ1) is 16.0. The third kappa shape index (κ3) is 4.54. The second-order valence-corrected chi connectivity index (χ2v) is 4.97. The van der Waals surface area contributed by atoms with Crippen molar-refractivity contribution < 1.29 is 9.53 Å². The fraction of sp³-hybridized carbons (Fsp3) is 0.615. The van der Waals surface area contributed by atoms with Gasteiger partial charge in [-0.1, -0.05) is 22.9 Å². The molecule has 0 radical (unpaired) electrons. The Labute approximate surface area is 122 Å². The monoisotopic (exact) mass is 329 g/mol. The quantitative estimate of drug-likeness (QED) is 0.716. The highest BCUT2D eigenvalue weighted by Gasteiger charge is 2.19. The number of ether oxygens (including phenoxy) is 1. The van der Waals surface area contributed by atoms with Gasteiger partial charge in [0, 0.05) is 25.5 Å². The van der Waals surface area contributed by atoms with E-state index in [1.54, 1.807) is 12.0 Å². The van der Waals surface area contributed by atoms with Gasteiger partial charge in [0.25, 0.3) is 5.91 Å². The van der Waals surface area contributed by atoms with Gasteiger partial charge in [-0.2, -0.15) is 10.2 Å². The Morgan fingerprint density at radius 3 is 2.74 bits per heavy atom. The third-order valence-corrected chi connectivity index (χ3v) is 3.12. The Hall–Kier alpha value is -1.01. The van der Waals surface area contributed by atoms with Gasteiger partial charge in [0.05, 0.1) is 23.6 Å². The van der Waals surface area contributed by atoms with E-state index in [0.717, 1.165) is 16.7 Å². The summed E-state index contributed by atoms with van der Waals surface area (Å²) in [4.78, 5) is 14.3. The molecule has 0 N–H and O–H groups in total. The standard InChI is InChI=1S/C13H20BrN3O2/c1-4-12-11(9-10(2)15-16-12)13(18)17(6-5-14)7-8-19-3/h9H,4-8H2,1-3H3. The number of rotatable bonds is 7. The number of carbonyl (C=O) groups is 1. The Morgan fingerprint density at radius 2 is 2.16 bits per heavy atom. The average Bonchev–Trinajstić information content (AvgIpc) is 2.42. The molecule has 0 fully saturated rings. The van der Waals surface area contributed by atoms with E-state index in [4.69, 9.17) is 4.74 Å². The fourth-order valence-electron chi connectivity index (χ4n) is 1.75. The summed E-state index contributed by atoms with van der Waals surface area (Å²) in [5, 5.41) is 8.84. The molecular formula is C13H20BrN3O2. The molecule has 0 saturated carbocycles. The summed E-state index contributed by atoms with van der Waals surface area (Å²) < 4.78 is 5.05. The fourth-order valence-corrected chi connectivity index (χ4v) is 2.18. The lowest BCUT2D eigenvalue weighted by molar-refractivity contribution is 0.0707. The van der Waals surface area contributed by atoms with Crippen molar-refractivity contribution in [2.75, 3.05) is 32.1 Å². The molecule has 19 heavy (non-hydrogen) atoms. The van der Waals surface area contributed by atoms with Gasteiger partial charge in [-0.25, -0.2) is 0 Å². The molecule has 106 valence electrons. The van der Waals surface area contributed by atoms with Crippen molar-refractivity contribution >= 4 is 21.8 Å². The van der Waals surface area contributed by atoms with Gasteiger partial charge in [-0.05, 0) is 19.4 Å². The minimum atomic E-state index is -0.00801. The van der Waals surface area contributed by atoms with Gasteiger partial charge >= 0.3 is 0 Å². The van der Waals surface area contributed by atoms with Crippen LogP contribution in [0.3, 0.4) is 0 Å². The number of methoxy groups -OCH3 is 1. The van der Waals surface area contributed by atoms with Crippen LogP contribution in [0.1, 0.15) is 28.7 Å². The largest absolute Gasteiger partial charge is 0.383 e. The maximum Gasteiger partial charge on any atom is 0.255 e. The number of nitrogens with zero attached hydrogens (tertiary/aromatic N) is 3. The zero-order chi connectivity index (χ0) is 14.3. The van der Waals surface area contributed by atoms with Gasteiger partial charge in [0.15, 0.2) is 0 Å². The van der Waals surface area contributed by atoms with Crippen molar-refractivity contribution in [1.82, 2.24) is 15.1 Å². The molecule has 1 aromatic heterocycles. The van der Waals surface area contributed by atoms with Crippen LogP contribution in [0.15, 0.2) is 6.07 Å². The van der Waals surface area contributed by atoms with Crippen LogP contribution in [0, 0.1) is 6.92 Å². The topological polar surface area (TPSA) is 55.3 Å². The number of aryl methyl sites for hydroxylation is 2. The molecule has 1 heterocycles. The average molecular weight is 330 g/mol. The zero-order valence-corrected chi connectivity index (χ0v) is 13.2. The van der Waals surface area contributed by atoms with Crippen LogP contribution in [0.5, 0.6) is 0 Å². The van der Waals surface area contributed by atoms with Crippen LogP contribution in [0.25, 0.3) is 0 Å². The van der Waals surface area contributed by atoms with E-state index in [1.807, 2.05) is 19.9 Å². The SMILES string of the molecule is CCc1nnc(C)cc1C(=O)N(CCBr)CCOC. The second-order valence-electron chi connectivity index (χ2n) is 4.17. The Morgan fingerprint density at radius 1 is 1.42 bits per heavy atom. The van der Waals surface area contributed by atoms with E-state index >= 15 is 0 Å². The Balaban J connectivity index is 2.97. The predicted octanol–water partition coefficient (Wildman–Crippen LogP) is 1.83. The number of halogens is 1. The molecule has 5 nitrogen and oxygen atoms in total. The number of hydrogen-bond donors (Lipinski definition) is 0. The van der Waals surface area contributed by atoms with Crippen LogP contribution in [0.4, 0.5) is 0 Å². The molecule has 0 saturated heterocycles. The van der Waals surface area contributed by atoms with Crippen LogP contribution in [-0.2, 0) is 11.2 Å². The second kappa shape index (κ2) is 8.22. The first-order valence-electron chi connectivity index (χ1n) is 6.31. The van der Waals surface area contributed by atoms with Crippen molar-refractivity contribution in [3.8, 4) is 0 Å². The van der Waals surface area contributed by atoms with E-state index in [1.165, 1.54) is 0 Å². The van der Waals surface area contributed by atoms with Crippen molar-refractivity contribution in [2.45, 2.75) is 20.3 Å². The number of aromatic nitrogens is 2. The van der Waals surface area contributed by atoms with E-state index in [-0.39, 0.29) is 5.91 Å². The highest BCUT2D eigenvalue weighted by Crippen LogP contribution is 2.11. The van der Waals surface area contributed by atoms with Crippen molar-refractivity contribution in [2.24, 2.45) is 0 Å². The van der Waals surface area contributed by atoms with Crippen LogP contribution in [-0.4, -0.2) is 53.1 Å². The summed E-state index contributed by atoms with van der Waals surface area (Å²) in [7, 11) is 1.63. The lowest BCUT2D eigenvalue weighted by Crippen LogP contribution is -2.36. The zero-order valence-electron chi connectivity index (χ0n) is 11.6. The van der Waals surface area contributed by atoms with E-state index < -0.39 is 0 Å². The minimum Gasteiger partial charge on any atom is -0.383 e. The Kier molecular flexibility index (Phi) is 6.94. The molecule has 0 atom stereocenters. The molecule has 0 unspecified atom stereocenters. The molecule has 1 amide bonds. The molecule has 0 aliphatic carbocycles. The maximum atomic E-state index is 12.6. The van der Waals surface area contributed by atoms with Crippen molar-refractivity contribution in [1.29, 1.82) is 0 Å². The molecule has 0 aromatic carbocycles. The summed E-state index contributed by atoms with van der Waals surface area (Å²) in [6.45, 7) is 5.56. The van der Waals surface area contributed by atoms with E-state index in [0.29, 0.717) is 31.7 Å². The molecule has 0 aliphatic rings. The number of amides is 1. The number of carbonyl (C=O) groups excluding carboxylic acids is 1. The third-order valence-electron chi connectivity index (χ3n) is 2.76. The summed E-state index contributed by atoms with van der Waals surface area (Å²) in [5.74, 6) is -0.00801. The minimum absolute atomic E-state index is 0.00801. The molecular weight excluding hydrogens is 310 g/mol. The summed E-state index contributed by atoms with van der Waals surface area (Å²) in [6.07, 6.45) is 0.695. The number of alkyl halides is 1. The van der Waals surface area contributed by atoms with Gasteiger partial charge in [0.2, 0.25) is 0 Å². The first-order chi connectivity index (χ1) is 9.13. The van der Waals surface area contributed by atoms with Crippen molar-refractivity contribution in [3.05, 3.63) is 23.0 Å². The highest BCUT2D eigenvalue weighted by molar-refractivity contribution is 9.09. The lowest BCUT2D eigenvalue weighted by Gasteiger charge is -2.22. The molecule has 6 heteroatoms. The van der Waals surface area contributed by atoms with Gasteiger partial charge in [-0.15, -0.1) is 0 Å². The molecule has 1 rings (SSSR count). The predicted molar refractivity (Wildman–Crippen MR) is 77.7 cm³/mol. The molecule has 1 aromatic rings. The van der Waals surface area contributed by atoms with Gasteiger partial charge < -0.3 is 9.64 Å². The normalized spacial score (nSPS) is 10.5. The van der Waals surface area contributed by atoms with Crippen LogP contribution in [0.2, 0.25) is 0 Å². The molecule has 0 aliphatic heterocycles. The Bertz CT molecular complexity index is 426. The highest BCUT2D eigenvalue weighted by atomic mass is 79.9. The summed E-state index contributed by atoms with van der Waals surface area (Å²) in [6, 6.07) is 1.81. The van der Waals surface area contributed by atoms with Crippen LogP contribution >= 0.6 is 15.9 Å². The van der Waals surface area contributed by atoms with Crippen LogP contribution < -0.4 is 0 Å². The summed E-state index contributed by atoms with van der Waals surface area (Å²) in [5.41, 5.74) is 2.14.